The van der Waals surface area contributed by atoms with E-state index in [1.54, 1.807) is 12.1 Å². The van der Waals surface area contributed by atoms with E-state index in [4.69, 9.17) is 10.3 Å². The first kappa shape index (κ1) is 7.84. The van der Waals surface area contributed by atoms with Crippen molar-refractivity contribution < 1.29 is 4.52 Å². The van der Waals surface area contributed by atoms with E-state index < -0.39 is 0 Å². The quantitative estimate of drug-likeness (QED) is 0.744. The molecule has 3 heteroatoms. The van der Waals surface area contributed by atoms with Crippen LogP contribution in [0.1, 0.15) is 5.76 Å². The second kappa shape index (κ2) is 3.30. The predicted molar refractivity (Wildman–Crippen MR) is 47.5 cm³/mol. The topological polar surface area (TPSA) is 52.0 Å². The van der Waals surface area contributed by atoms with Gasteiger partial charge in [-0.25, -0.2) is 0 Å². The Bertz CT molecular complexity index is 381. The molecule has 0 saturated heterocycles. The van der Waals surface area contributed by atoms with E-state index in [-0.39, 0.29) is 0 Å². The molecule has 0 unspecified atom stereocenters. The lowest BCUT2D eigenvalue weighted by molar-refractivity contribution is 0.387. The Morgan fingerprint density at radius 3 is 3.00 bits per heavy atom. The molecule has 0 bridgehead atoms. The number of aromatic nitrogens is 1. The van der Waals surface area contributed by atoms with Gasteiger partial charge < -0.3 is 10.3 Å². The zero-order chi connectivity index (χ0) is 9.10. The van der Waals surface area contributed by atoms with Crippen molar-refractivity contribution in [2.45, 2.75) is 6.54 Å². The van der Waals surface area contributed by atoms with Gasteiger partial charge in [0.1, 0.15) is 5.69 Å². The van der Waals surface area contributed by atoms with Crippen LogP contribution in [0, 0.1) is 12.1 Å². The highest BCUT2D eigenvalue weighted by molar-refractivity contribution is 5.57. The van der Waals surface area contributed by atoms with E-state index in [1.165, 1.54) is 0 Å². The highest BCUT2D eigenvalue weighted by Crippen LogP contribution is 2.16. The SMILES string of the molecule is NCc1cc(-c2cc#ccc2)no1. The van der Waals surface area contributed by atoms with Gasteiger partial charge in [0.2, 0.25) is 0 Å². The van der Waals surface area contributed by atoms with Gasteiger partial charge in [0.15, 0.2) is 5.76 Å². The summed E-state index contributed by atoms with van der Waals surface area (Å²) in [5.41, 5.74) is 7.14. The molecule has 13 heavy (non-hydrogen) atoms. The molecule has 0 aliphatic rings. The van der Waals surface area contributed by atoms with Crippen LogP contribution in [0.25, 0.3) is 11.3 Å². The third-order valence-corrected chi connectivity index (χ3v) is 1.71. The first-order chi connectivity index (χ1) is 6.40. The predicted octanol–water partition coefficient (Wildman–Crippen LogP) is 1.40. The van der Waals surface area contributed by atoms with Crippen molar-refractivity contribution in [3.63, 3.8) is 0 Å². The molecule has 0 fully saturated rings. The number of rotatable bonds is 2. The lowest BCUT2D eigenvalue weighted by atomic mass is 10.2. The number of nitrogens with two attached hydrogens (primary N) is 1. The molecule has 0 spiro atoms. The molecule has 0 saturated carbocycles. The normalized spacial score (nSPS) is 9.62. The molecule has 0 amide bonds. The molecule has 0 radical (unpaired) electrons. The van der Waals surface area contributed by atoms with E-state index >= 15 is 0 Å². The fourth-order valence-corrected chi connectivity index (χ4v) is 1.05. The van der Waals surface area contributed by atoms with Crippen molar-refractivity contribution in [2.75, 3.05) is 0 Å². The summed E-state index contributed by atoms with van der Waals surface area (Å²) in [5.74, 6) is 0.683. The summed E-state index contributed by atoms with van der Waals surface area (Å²) in [6, 6.07) is 13.0. The van der Waals surface area contributed by atoms with E-state index in [2.05, 4.69) is 17.3 Å². The van der Waals surface area contributed by atoms with Crippen LogP contribution in [-0.4, -0.2) is 5.16 Å². The second-order valence-corrected chi connectivity index (χ2v) is 2.60. The third kappa shape index (κ3) is 1.53. The minimum absolute atomic E-state index is 0.371. The van der Waals surface area contributed by atoms with Crippen LogP contribution in [0.2, 0.25) is 0 Å². The van der Waals surface area contributed by atoms with Gasteiger partial charge in [0.05, 0.1) is 6.54 Å². The summed E-state index contributed by atoms with van der Waals surface area (Å²) in [6.07, 6.45) is 0. The number of hydrogen-bond acceptors (Lipinski definition) is 3. The Kier molecular flexibility index (Phi) is 1.99. The number of hydrogen-bond donors (Lipinski definition) is 1. The van der Waals surface area contributed by atoms with Crippen molar-refractivity contribution in [3.05, 3.63) is 42.2 Å². The fourth-order valence-electron chi connectivity index (χ4n) is 1.05. The second-order valence-electron chi connectivity index (χ2n) is 2.60. The molecule has 1 aromatic carbocycles. The Hall–Kier alpha value is -1.79. The summed E-state index contributed by atoms with van der Waals surface area (Å²) >= 11 is 0. The van der Waals surface area contributed by atoms with Crippen LogP contribution >= 0.6 is 0 Å². The maximum atomic E-state index is 5.39. The molecular weight excluding hydrogens is 164 g/mol. The summed E-state index contributed by atoms with van der Waals surface area (Å²) in [5, 5.41) is 3.87. The molecule has 0 aliphatic heterocycles. The van der Waals surface area contributed by atoms with Crippen molar-refractivity contribution in [1.82, 2.24) is 5.16 Å². The van der Waals surface area contributed by atoms with Gasteiger partial charge >= 0.3 is 0 Å². The van der Waals surface area contributed by atoms with Crippen molar-refractivity contribution in [3.8, 4) is 11.3 Å². The lowest BCUT2D eigenvalue weighted by Gasteiger charge is -1.87. The molecule has 2 aromatic rings. The van der Waals surface area contributed by atoms with E-state index in [9.17, 15) is 0 Å². The summed E-state index contributed by atoms with van der Waals surface area (Å²) in [4.78, 5) is 0. The van der Waals surface area contributed by atoms with Gasteiger partial charge in [-0.05, 0) is 18.2 Å². The largest absolute Gasteiger partial charge is 0.359 e. The zero-order valence-corrected chi connectivity index (χ0v) is 6.95. The highest BCUT2D eigenvalue weighted by atomic mass is 16.5. The maximum absolute atomic E-state index is 5.39. The number of nitrogens with zero attached hydrogens (tertiary/aromatic N) is 1. The van der Waals surface area contributed by atoms with Gasteiger partial charge in [-0.3, -0.25) is 0 Å². The Morgan fingerprint density at radius 1 is 1.46 bits per heavy atom. The van der Waals surface area contributed by atoms with Crippen LogP contribution in [-0.2, 0) is 6.54 Å². The molecule has 2 N–H and O–H groups in total. The maximum Gasteiger partial charge on any atom is 0.150 e. The zero-order valence-electron chi connectivity index (χ0n) is 6.95. The smallest absolute Gasteiger partial charge is 0.150 e. The van der Waals surface area contributed by atoms with Crippen LogP contribution in [0.5, 0.6) is 0 Å². The minimum atomic E-state index is 0.371. The summed E-state index contributed by atoms with van der Waals surface area (Å²) < 4.78 is 4.97. The van der Waals surface area contributed by atoms with Crippen molar-refractivity contribution in [2.24, 2.45) is 5.73 Å². The van der Waals surface area contributed by atoms with Crippen LogP contribution in [0.3, 0.4) is 0 Å². The van der Waals surface area contributed by atoms with Gasteiger partial charge in [0.25, 0.3) is 0 Å². The lowest BCUT2D eigenvalue weighted by Crippen LogP contribution is -1.92. The molecular formula is C10H8N2O. The fraction of sp³-hybridized carbons (Fsp3) is 0.100. The van der Waals surface area contributed by atoms with Crippen LogP contribution < -0.4 is 5.73 Å². The third-order valence-electron chi connectivity index (χ3n) is 1.71. The standard InChI is InChI=1S/C10H8N2O/c11-7-9-6-10(12-13-9)8-4-2-1-3-5-8/h2,4-6H,7,11H2. The molecule has 2 rings (SSSR count). The molecule has 64 valence electrons. The van der Waals surface area contributed by atoms with Gasteiger partial charge in [0, 0.05) is 11.6 Å². The highest BCUT2D eigenvalue weighted by Gasteiger charge is 2.03. The monoisotopic (exact) mass is 172 g/mol. The molecule has 1 heterocycles. The first-order valence-corrected chi connectivity index (χ1v) is 3.94. The molecule has 3 nitrogen and oxygen atoms in total. The first-order valence-electron chi connectivity index (χ1n) is 3.94. The average Bonchev–Trinajstić information content (AvgIpc) is 2.67. The summed E-state index contributed by atoms with van der Waals surface area (Å²) in [7, 11) is 0. The Labute approximate surface area is 76.2 Å². The Morgan fingerprint density at radius 2 is 2.38 bits per heavy atom. The molecule has 1 aromatic heterocycles. The van der Waals surface area contributed by atoms with E-state index in [0.717, 1.165) is 11.3 Å². The van der Waals surface area contributed by atoms with E-state index in [1.807, 2.05) is 12.1 Å². The van der Waals surface area contributed by atoms with Crippen LogP contribution in [0.15, 0.2) is 28.8 Å². The molecule has 0 atom stereocenters. The minimum Gasteiger partial charge on any atom is -0.359 e. The van der Waals surface area contributed by atoms with Gasteiger partial charge in [-0.1, -0.05) is 17.3 Å². The molecule has 0 aliphatic carbocycles. The Balaban J connectivity index is 2.36. The van der Waals surface area contributed by atoms with Gasteiger partial charge in [-0.15, -0.1) is 0 Å². The summed E-state index contributed by atoms with van der Waals surface area (Å²) in [6.45, 7) is 0.371. The average molecular weight is 172 g/mol. The van der Waals surface area contributed by atoms with Crippen LogP contribution in [0.4, 0.5) is 0 Å². The van der Waals surface area contributed by atoms with Gasteiger partial charge in [-0.2, -0.15) is 0 Å². The van der Waals surface area contributed by atoms with E-state index in [0.29, 0.717) is 12.3 Å². The van der Waals surface area contributed by atoms with Crippen molar-refractivity contribution in [1.29, 1.82) is 0 Å². The van der Waals surface area contributed by atoms with Crippen molar-refractivity contribution >= 4 is 0 Å².